The molecular weight excluding hydrogens is 256 g/mol. The Balaban J connectivity index is 2.02. The first-order valence-electron chi connectivity index (χ1n) is 7.51. The van der Waals surface area contributed by atoms with Gasteiger partial charge in [0.25, 0.3) is 0 Å². The smallest absolute Gasteiger partial charge is 0.0598 e. The summed E-state index contributed by atoms with van der Waals surface area (Å²) in [7, 11) is 4.27. The van der Waals surface area contributed by atoms with E-state index in [1.54, 1.807) is 0 Å². The normalized spacial score (nSPS) is 12.9. The van der Waals surface area contributed by atoms with Crippen molar-refractivity contribution in [3.8, 4) is 0 Å². The summed E-state index contributed by atoms with van der Waals surface area (Å²) in [4.78, 5) is 2.25. The number of hydrogen-bond donors (Lipinski definition) is 0. The van der Waals surface area contributed by atoms with E-state index in [1.165, 1.54) is 16.5 Å². The molecule has 0 bridgehead atoms. The zero-order chi connectivity index (χ0) is 14.7. The Morgan fingerprint density at radius 1 is 0.905 bits per heavy atom. The Morgan fingerprint density at radius 2 is 1.62 bits per heavy atom. The maximum absolute atomic E-state index is 2.41. The second kappa shape index (κ2) is 6.15. The standard InChI is InChI=1S/C19H22N2/c1-20(2)14-13-19(16-8-4-3-5-9-16)21-15-12-17-10-6-7-11-18(17)21/h3-12,15,19H,13-14H2,1-2H3. The molecule has 1 aromatic heterocycles. The highest BCUT2D eigenvalue weighted by Crippen LogP contribution is 2.27. The molecule has 2 heteroatoms. The van der Waals surface area contributed by atoms with Crippen LogP contribution in [0, 0.1) is 0 Å². The van der Waals surface area contributed by atoms with Crippen LogP contribution in [0.15, 0.2) is 66.9 Å². The molecule has 0 radical (unpaired) electrons. The van der Waals surface area contributed by atoms with E-state index in [0.29, 0.717) is 6.04 Å². The summed E-state index contributed by atoms with van der Waals surface area (Å²) in [5, 5.41) is 1.31. The van der Waals surface area contributed by atoms with Gasteiger partial charge in [0, 0.05) is 11.7 Å². The van der Waals surface area contributed by atoms with Crippen molar-refractivity contribution in [1.29, 1.82) is 0 Å². The van der Waals surface area contributed by atoms with Gasteiger partial charge in [0.05, 0.1) is 6.04 Å². The lowest BCUT2D eigenvalue weighted by atomic mass is 10.0. The minimum absolute atomic E-state index is 0.383. The van der Waals surface area contributed by atoms with E-state index in [-0.39, 0.29) is 0 Å². The van der Waals surface area contributed by atoms with Crippen LogP contribution in [0.2, 0.25) is 0 Å². The Kier molecular flexibility index (Phi) is 4.07. The highest BCUT2D eigenvalue weighted by molar-refractivity contribution is 5.80. The molecule has 1 unspecified atom stereocenters. The number of hydrogen-bond acceptors (Lipinski definition) is 1. The van der Waals surface area contributed by atoms with Crippen LogP contribution in [0.5, 0.6) is 0 Å². The SMILES string of the molecule is CN(C)CCC(c1ccccc1)n1ccc2ccccc21. The van der Waals surface area contributed by atoms with Gasteiger partial charge in [-0.2, -0.15) is 0 Å². The van der Waals surface area contributed by atoms with Crippen molar-refractivity contribution in [2.75, 3.05) is 20.6 Å². The topological polar surface area (TPSA) is 8.17 Å². The van der Waals surface area contributed by atoms with Gasteiger partial charge in [-0.1, -0.05) is 48.5 Å². The van der Waals surface area contributed by atoms with Crippen molar-refractivity contribution in [1.82, 2.24) is 9.47 Å². The molecule has 108 valence electrons. The first-order valence-corrected chi connectivity index (χ1v) is 7.51. The third-order valence-electron chi connectivity index (χ3n) is 4.00. The summed E-state index contributed by atoms with van der Waals surface area (Å²) in [6.45, 7) is 1.08. The molecule has 0 N–H and O–H groups in total. The fourth-order valence-corrected chi connectivity index (χ4v) is 2.90. The number of aromatic nitrogens is 1. The third kappa shape index (κ3) is 3.01. The van der Waals surface area contributed by atoms with Gasteiger partial charge in [-0.3, -0.25) is 0 Å². The fraction of sp³-hybridized carbons (Fsp3) is 0.263. The molecule has 0 spiro atoms. The van der Waals surface area contributed by atoms with Crippen LogP contribution in [0.4, 0.5) is 0 Å². The Bertz CT molecular complexity index is 698. The predicted molar refractivity (Wildman–Crippen MR) is 89.7 cm³/mol. The van der Waals surface area contributed by atoms with E-state index in [4.69, 9.17) is 0 Å². The van der Waals surface area contributed by atoms with Gasteiger partial charge in [0.2, 0.25) is 0 Å². The quantitative estimate of drug-likeness (QED) is 0.679. The first-order chi connectivity index (χ1) is 10.3. The molecular formula is C19H22N2. The maximum Gasteiger partial charge on any atom is 0.0598 e. The monoisotopic (exact) mass is 278 g/mol. The van der Waals surface area contributed by atoms with Crippen LogP contribution in [0.3, 0.4) is 0 Å². The van der Waals surface area contributed by atoms with Crippen molar-refractivity contribution >= 4 is 10.9 Å². The van der Waals surface area contributed by atoms with E-state index < -0.39 is 0 Å². The van der Waals surface area contributed by atoms with E-state index in [1.807, 2.05) is 0 Å². The average Bonchev–Trinajstić information content (AvgIpc) is 2.93. The van der Waals surface area contributed by atoms with Crippen molar-refractivity contribution in [2.45, 2.75) is 12.5 Å². The number of fused-ring (bicyclic) bond motifs is 1. The number of rotatable bonds is 5. The molecule has 0 aliphatic heterocycles. The summed E-state index contributed by atoms with van der Waals surface area (Å²) < 4.78 is 2.41. The summed E-state index contributed by atoms with van der Waals surface area (Å²) >= 11 is 0. The van der Waals surface area contributed by atoms with Crippen molar-refractivity contribution in [3.63, 3.8) is 0 Å². The van der Waals surface area contributed by atoms with Crippen molar-refractivity contribution < 1.29 is 0 Å². The number of para-hydroxylation sites is 1. The van der Waals surface area contributed by atoms with E-state index in [2.05, 4.69) is 90.4 Å². The lowest BCUT2D eigenvalue weighted by Gasteiger charge is -2.22. The molecule has 3 aromatic rings. The molecule has 0 fully saturated rings. The van der Waals surface area contributed by atoms with E-state index >= 15 is 0 Å². The number of nitrogens with zero attached hydrogens (tertiary/aromatic N) is 2. The van der Waals surface area contributed by atoms with Crippen LogP contribution in [0.25, 0.3) is 10.9 Å². The van der Waals surface area contributed by atoms with Gasteiger partial charge in [-0.25, -0.2) is 0 Å². The van der Waals surface area contributed by atoms with Gasteiger partial charge in [0.1, 0.15) is 0 Å². The summed E-state index contributed by atoms with van der Waals surface area (Å²) in [5.74, 6) is 0. The molecule has 21 heavy (non-hydrogen) atoms. The van der Waals surface area contributed by atoms with Gasteiger partial charge in [-0.15, -0.1) is 0 Å². The zero-order valence-corrected chi connectivity index (χ0v) is 12.7. The van der Waals surface area contributed by atoms with Crippen LogP contribution in [0.1, 0.15) is 18.0 Å². The minimum atomic E-state index is 0.383. The molecule has 1 heterocycles. The van der Waals surface area contributed by atoms with Crippen molar-refractivity contribution in [2.24, 2.45) is 0 Å². The molecule has 1 atom stereocenters. The van der Waals surface area contributed by atoms with E-state index in [9.17, 15) is 0 Å². The molecule has 2 nitrogen and oxygen atoms in total. The average molecular weight is 278 g/mol. The Labute approximate surface area is 126 Å². The molecule has 0 aliphatic carbocycles. The molecule has 0 amide bonds. The van der Waals surface area contributed by atoms with Crippen LogP contribution in [-0.4, -0.2) is 30.1 Å². The van der Waals surface area contributed by atoms with Gasteiger partial charge >= 0.3 is 0 Å². The Hall–Kier alpha value is -2.06. The van der Waals surface area contributed by atoms with Crippen LogP contribution < -0.4 is 0 Å². The van der Waals surface area contributed by atoms with Crippen LogP contribution in [-0.2, 0) is 0 Å². The second-order valence-corrected chi connectivity index (χ2v) is 5.80. The molecule has 0 saturated heterocycles. The van der Waals surface area contributed by atoms with E-state index in [0.717, 1.165) is 13.0 Å². The maximum atomic E-state index is 2.41. The first kappa shape index (κ1) is 13.9. The molecule has 0 aliphatic rings. The number of benzene rings is 2. The largest absolute Gasteiger partial charge is 0.340 e. The second-order valence-electron chi connectivity index (χ2n) is 5.80. The zero-order valence-electron chi connectivity index (χ0n) is 12.7. The highest BCUT2D eigenvalue weighted by atomic mass is 15.1. The molecule has 0 saturated carbocycles. The van der Waals surface area contributed by atoms with Crippen LogP contribution >= 0.6 is 0 Å². The molecule has 3 rings (SSSR count). The Morgan fingerprint density at radius 3 is 2.38 bits per heavy atom. The highest BCUT2D eigenvalue weighted by Gasteiger charge is 2.15. The van der Waals surface area contributed by atoms with Gasteiger partial charge in [-0.05, 0) is 50.1 Å². The van der Waals surface area contributed by atoms with Gasteiger partial charge < -0.3 is 9.47 Å². The van der Waals surface area contributed by atoms with Gasteiger partial charge in [0.15, 0.2) is 0 Å². The summed E-state index contributed by atoms with van der Waals surface area (Å²) in [5.41, 5.74) is 2.69. The third-order valence-corrected chi connectivity index (χ3v) is 4.00. The lowest BCUT2D eigenvalue weighted by molar-refractivity contribution is 0.369. The predicted octanol–water partition coefficient (Wildman–Crippen LogP) is 4.18. The molecule has 2 aromatic carbocycles. The lowest BCUT2D eigenvalue weighted by Crippen LogP contribution is -2.19. The van der Waals surface area contributed by atoms with Crippen molar-refractivity contribution in [3.05, 3.63) is 72.4 Å². The summed E-state index contributed by atoms with van der Waals surface area (Å²) in [6.07, 6.45) is 3.33. The fourth-order valence-electron chi connectivity index (χ4n) is 2.90. The minimum Gasteiger partial charge on any atom is -0.340 e. The summed E-state index contributed by atoms with van der Waals surface area (Å²) in [6, 6.07) is 22.0.